The quantitative estimate of drug-likeness (QED) is 0.694. The Hall–Kier alpha value is -1.27. The summed E-state index contributed by atoms with van der Waals surface area (Å²) in [5.41, 5.74) is 6.77. The smallest absolute Gasteiger partial charge is 0.240 e. The van der Waals surface area contributed by atoms with Crippen molar-refractivity contribution < 1.29 is 8.42 Å². The molecule has 2 rings (SSSR count). The molecule has 0 aromatic heterocycles. The minimum Gasteiger partial charge on any atom is -0.398 e. The molecule has 0 saturated heterocycles. The summed E-state index contributed by atoms with van der Waals surface area (Å²) in [4.78, 5) is -0.0201. The molecule has 0 radical (unpaired) electrons. The molecular weight excluding hydrogens is 262 g/mol. The molecule has 5 nitrogen and oxygen atoms in total. The van der Waals surface area contributed by atoms with E-state index < -0.39 is 10.0 Å². The predicted molar refractivity (Wildman–Crippen MR) is 77.3 cm³/mol. The van der Waals surface area contributed by atoms with Crippen LogP contribution in [0.5, 0.6) is 0 Å². The molecule has 0 heterocycles. The van der Waals surface area contributed by atoms with Crippen LogP contribution in [0, 0.1) is 5.92 Å². The largest absolute Gasteiger partial charge is 0.398 e. The van der Waals surface area contributed by atoms with Crippen LogP contribution in [0.3, 0.4) is 0 Å². The van der Waals surface area contributed by atoms with E-state index in [1.165, 1.54) is 18.9 Å². The standard InChI is InChI=1S/C13H21N3O2S/c1-2-10(7-9-3-4-9)16-11-5-6-13(12(14)8-11)19(15,17)18/h5-6,8-10,16H,2-4,7,14H2,1H3,(H2,15,17,18). The highest BCUT2D eigenvalue weighted by atomic mass is 32.2. The lowest BCUT2D eigenvalue weighted by Gasteiger charge is -2.18. The van der Waals surface area contributed by atoms with Crippen LogP contribution in [-0.4, -0.2) is 14.5 Å². The number of hydrogen-bond donors (Lipinski definition) is 3. The molecule has 1 atom stereocenters. The number of primary sulfonamides is 1. The van der Waals surface area contributed by atoms with Crippen LogP contribution in [0.25, 0.3) is 0 Å². The minimum absolute atomic E-state index is 0.0201. The summed E-state index contributed by atoms with van der Waals surface area (Å²) in [6, 6.07) is 5.21. The van der Waals surface area contributed by atoms with Gasteiger partial charge in [0.15, 0.2) is 0 Å². The van der Waals surface area contributed by atoms with Crippen molar-refractivity contribution in [2.75, 3.05) is 11.1 Å². The molecule has 6 heteroatoms. The fourth-order valence-electron chi connectivity index (χ4n) is 2.22. The fourth-order valence-corrected chi connectivity index (χ4v) is 2.86. The summed E-state index contributed by atoms with van der Waals surface area (Å²) in [6.07, 6.45) is 4.84. The van der Waals surface area contributed by atoms with Crippen molar-refractivity contribution in [2.24, 2.45) is 11.1 Å². The summed E-state index contributed by atoms with van der Waals surface area (Å²) in [7, 11) is -3.75. The Kier molecular flexibility index (Phi) is 4.01. The molecular formula is C13H21N3O2S. The summed E-state index contributed by atoms with van der Waals surface area (Å²) in [5, 5.41) is 8.48. The van der Waals surface area contributed by atoms with Crippen LogP contribution in [0.4, 0.5) is 11.4 Å². The first kappa shape index (κ1) is 14.1. The monoisotopic (exact) mass is 283 g/mol. The number of nitrogens with two attached hydrogens (primary N) is 2. The van der Waals surface area contributed by atoms with E-state index in [-0.39, 0.29) is 10.6 Å². The Morgan fingerprint density at radius 1 is 1.42 bits per heavy atom. The van der Waals surface area contributed by atoms with Crippen LogP contribution in [0.2, 0.25) is 0 Å². The molecule has 19 heavy (non-hydrogen) atoms. The van der Waals surface area contributed by atoms with Gasteiger partial charge in [-0.05, 0) is 37.0 Å². The van der Waals surface area contributed by atoms with Gasteiger partial charge in [0, 0.05) is 11.7 Å². The zero-order valence-electron chi connectivity index (χ0n) is 11.1. The van der Waals surface area contributed by atoms with Gasteiger partial charge in [0.25, 0.3) is 0 Å². The van der Waals surface area contributed by atoms with E-state index in [9.17, 15) is 8.42 Å². The van der Waals surface area contributed by atoms with E-state index in [0.717, 1.165) is 24.4 Å². The van der Waals surface area contributed by atoms with E-state index in [4.69, 9.17) is 10.9 Å². The Morgan fingerprint density at radius 3 is 2.58 bits per heavy atom. The minimum atomic E-state index is -3.75. The van der Waals surface area contributed by atoms with Crippen molar-refractivity contribution in [3.05, 3.63) is 18.2 Å². The Balaban J connectivity index is 2.10. The van der Waals surface area contributed by atoms with Crippen LogP contribution in [0.15, 0.2) is 23.1 Å². The lowest BCUT2D eigenvalue weighted by Crippen LogP contribution is -2.20. The molecule has 5 N–H and O–H groups in total. The zero-order valence-corrected chi connectivity index (χ0v) is 11.9. The summed E-state index contributed by atoms with van der Waals surface area (Å²) < 4.78 is 22.5. The number of rotatable bonds is 6. The van der Waals surface area contributed by atoms with Crippen molar-refractivity contribution in [1.82, 2.24) is 0 Å². The first-order valence-electron chi connectivity index (χ1n) is 6.59. The van der Waals surface area contributed by atoms with Gasteiger partial charge in [-0.2, -0.15) is 0 Å². The molecule has 1 fully saturated rings. The molecule has 1 aromatic carbocycles. The second kappa shape index (κ2) is 5.38. The zero-order chi connectivity index (χ0) is 14.0. The Bertz CT molecular complexity index is 553. The van der Waals surface area contributed by atoms with E-state index in [1.807, 2.05) is 0 Å². The molecule has 1 aliphatic carbocycles. The van der Waals surface area contributed by atoms with Crippen molar-refractivity contribution in [2.45, 2.75) is 43.5 Å². The van der Waals surface area contributed by atoms with E-state index in [0.29, 0.717) is 6.04 Å². The van der Waals surface area contributed by atoms with Crippen LogP contribution in [0.1, 0.15) is 32.6 Å². The highest BCUT2D eigenvalue weighted by Crippen LogP contribution is 2.35. The maximum absolute atomic E-state index is 11.3. The van der Waals surface area contributed by atoms with Gasteiger partial charge in [-0.3, -0.25) is 0 Å². The molecule has 0 bridgehead atoms. The van der Waals surface area contributed by atoms with Crippen molar-refractivity contribution in [3.63, 3.8) is 0 Å². The maximum Gasteiger partial charge on any atom is 0.240 e. The van der Waals surface area contributed by atoms with Crippen LogP contribution >= 0.6 is 0 Å². The molecule has 1 aromatic rings. The van der Waals surface area contributed by atoms with Gasteiger partial charge in [-0.15, -0.1) is 0 Å². The van der Waals surface area contributed by atoms with Gasteiger partial charge in [0.2, 0.25) is 10.0 Å². The third-order valence-corrected chi connectivity index (χ3v) is 4.48. The SMILES string of the molecule is CCC(CC1CC1)Nc1ccc(S(N)(=O)=O)c(N)c1. The van der Waals surface area contributed by atoms with Crippen LogP contribution in [-0.2, 0) is 10.0 Å². The molecule has 1 aliphatic rings. The molecule has 0 spiro atoms. The predicted octanol–water partition coefficient (Wildman–Crippen LogP) is 1.91. The fraction of sp³-hybridized carbons (Fsp3) is 0.538. The van der Waals surface area contributed by atoms with Crippen LogP contribution < -0.4 is 16.2 Å². The number of sulfonamides is 1. The number of nitrogens with one attached hydrogen (secondary N) is 1. The van der Waals surface area contributed by atoms with Gasteiger partial charge in [0.05, 0.1) is 5.69 Å². The van der Waals surface area contributed by atoms with Crippen molar-refractivity contribution in [3.8, 4) is 0 Å². The highest BCUT2D eigenvalue weighted by molar-refractivity contribution is 7.89. The van der Waals surface area contributed by atoms with Crippen molar-refractivity contribution >= 4 is 21.4 Å². The van der Waals surface area contributed by atoms with Gasteiger partial charge in [0.1, 0.15) is 4.90 Å². The third kappa shape index (κ3) is 3.84. The first-order valence-corrected chi connectivity index (χ1v) is 8.13. The van der Waals surface area contributed by atoms with E-state index >= 15 is 0 Å². The lowest BCUT2D eigenvalue weighted by molar-refractivity contribution is 0.587. The van der Waals surface area contributed by atoms with Crippen molar-refractivity contribution in [1.29, 1.82) is 0 Å². The average Bonchev–Trinajstić information content (AvgIpc) is 3.10. The van der Waals surface area contributed by atoms with E-state index in [1.54, 1.807) is 12.1 Å². The van der Waals surface area contributed by atoms with Gasteiger partial charge < -0.3 is 11.1 Å². The molecule has 1 unspecified atom stereocenters. The lowest BCUT2D eigenvalue weighted by atomic mass is 10.1. The molecule has 0 amide bonds. The summed E-state index contributed by atoms with van der Waals surface area (Å²) >= 11 is 0. The molecule has 0 aliphatic heterocycles. The third-order valence-electron chi connectivity index (χ3n) is 3.49. The van der Waals surface area contributed by atoms with Gasteiger partial charge >= 0.3 is 0 Å². The van der Waals surface area contributed by atoms with Gasteiger partial charge in [-0.25, -0.2) is 13.6 Å². The Morgan fingerprint density at radius 2 is 2.11 bits per heavy atom. The molecule has 106 valence electrons. The topological polar surface area (TPSA) is 98.2 Å². The second-order valence-electron chi connectivity index (χ2n) is 5.23. The number of benzene rings is 1. The Labute approximate surface area is 114 Å². The molecule has 1 saturated carbocycles. The number of anilines is 2. The van der Waals surface area contributed by atoms with Gasteiger partial charge in [-0.1, -0.05) is 19.8 Å². The number of nitrogen functional groups attached to an aromatic ring is 1. The first-order chi connectivity index (χ1) is 8.90. The average molecular weight is 283 g/mol. The second-order valence-corrected chi connectivity index (χ2v) is 6.76. The normalized spacial score (nSPS) is 17.2. The maximum atomic E-state index is 11.3. The number of hydrogen-bond acceptors (Lipinski definition) is 4. The summed E-state index contributed by atoms with van der Waals surface area (Å²) in [5.74, 6) is 0.846. The van der Waals surface area contributed by atoms with E-state index in [2.05, 4.69) is 12.2 Å². The summed E-state index contributed by atoms with van der Waals surface area (Å²) in [6.45, 7) is 2.14. The highest BCUT2D eigenvalue weighted by Gasteiger charge is 2.24.